The van der Waals surface area contributed by atoms with Gasteiger partial charge in [0.2, 0.25) is 5.91 Å². The smallest absolute Gasteiger partial charge is 0.225 e. The molecule has 2 aromatic carbocycles. The van der Waals surface area contributed by atoms with Gasteiger partial charge in [0.25, 0.3) is 0 Å². The quantitative estimate of drug-likeness (QED) is 0.613. The minimum absolute atomic E-state index is 0.0116. The van der Waals surface area contributed by atoms with Gasteiger partial charge in [-0.2, -0.15) is 0 Å². The van der Waals surface area contributed by atoms with Crippen LogP contribution in [0.4, 0.5) is 5.69 Å². The average molecular weight is 394 g/mol. The Morgan fingerprint density at radius 3 is 2.64 bits per heavy atom. The maximum atomic E-state index is 12.5. The molecular weight excluding hydrogens is 370 g/mol. The number of carbonyl (C=O) groups excluding carboxylic acids is 1. The van der Waals surface area contributed by atoms with Gasteiger partial charge in [-0.05, 0) is 37.1 Å². The van der Waals surface area contributed by atoms with Gasteiger partial charge in [0.15, 0.2) is 11.5 Å². The third kappa shape index (κ3) is 3.38. The number of anilines is 1. The number of amides is 1. The van der Waals surface area contributed by atoms with Gasteiger partial charge in [0.1, 0.15) is 0 Å². The second kappa shape index (κ2) is 7.68. The molecule has 5 heteroatoms. The van der Waals surface area contributed by atoms with Gasteiger partial charge in [0.05, 0.1) is 19.4 Å². The number of rotatable bonds is 5. The van der Waals surface area contributed by atoms with E-state index in [1.165, 1.54) is 10.4 Å². The fourth-order valence-corrected chi connectivity index (χ4v) is 4.78. The number of ether oxygens (including phenoxy) is 2. The number of thiophene rings is 1. The summed E-state index contributed by atoms with van der Waals surface area (Å²) in [7, 11) is 1.64. The van der Waals surface area contributed by atoms with Gasteiger partial charge in [0, 0.05) is 28.2 Å². The van der Waals surface area contributed by atoms with E-state index in [0.717, 1.165) is 28.1 Å². The largest absolute Gasteiger partial charge is 0.493 e. The van der Waals surface area contributed by atoms with Crippen LogP contribution >= 0.6 is 11.3 Å². The number of nitrogens with one attached hydrogen (secondary N) is 1. The summed E-state index contributed by atoms with van der Waals surface area (Å²) in [5.41, 5.74) is 5.41. The molecular formula is C23H23NO3S. The summed E-state index contributed by atoms with van der Waals surface area (Å²) in [6.07, 6.45) is 0.429. The number of benzene rings is 2. The van der Waals surface area contributed by atoms with Crippen molar-refractivity contribution in [3.8, 4) is 22.6 Å². The normalized spacial score (nSPS) is 15.7. The van der Waals surface area contributed by atoms with Crippen molar-refractivity contribution in [1.82, 2.24) is 0 Å². The maximum Gasteiger partial charge on any atom is 0.225 e. The van der Waals surface area contributed by atoms with Crippen LogP contribution in [0.15, 0.2) is 47.8 Å². The average Bonchev–Trinajstić information content (AvgIpc) is 3.12. The van der Waals surface area contributed by atoms with E-state index in [4.69, 9.17) is 9.47 Å². The Kier molecular flexibility index (Phi) is 5.09. The molecule has 1 aromatic heterocycles. The summed E-state index contributed by atoms with van der Waals surface area (Å²) >= 11 is 1.70. The molecule has 1 aliphatic rings. The van der Waals surface area contributed by atoms with Crippen molar-refractivity contribution in [2.24, 2.45) is 0 Å². The van der Waals surface area contributed by atoms with Gasteiger partial charge in [-0.25, -0.2) is 0 Å². The van der Waals surface area contributed by atoms with Crippen LogP contribution in [0.3, 0.4) is 0 Å². The topological polar surface area (TPSA) is 47.6 Å². The molecule has 1 N–H and O–H groups in total. The van der Waals surface area contributed by atoms with Gasteiger partial charge >= 0.3 is 0 Å². The zero-order chi connectivity index (χ0) is 19.7. The Labute approximate surface area is 169 Å². The molecule has 0 fully saturated rings. The van der Waals surface area contributed by atoms with E-state index >= 15 is 0 Å². The third-order valence-electron chi connectivity index (χ3n) is 5.04. The van der Waals surface area contributed by atoms with Gasteiger partial charge in [-0.15, -0.1) is 11.3 Å². The molecule has 1 atom stereocenters. The zero-order valence-corrected chi connectivity index (χ0v) is 17.1. The lowest BCUT2D eigenvalue weighted by atomic mass is 9.89. The number of fused-ring (bicyclic) bond motifs is 1. The highest BCUT2D eigenvalue weighted by molar-refractivity contribution is 7.11. The van der Waals surface area contributed by atoms with Crippen molar-refractivity contribution >= 4 is 22.9 Å². The minimum Gasteiger partial charge on any atom is -0.493 e. The zero-order valence-electron chi connectivity index (χ0n) is 16.2. The van der Waals surface area contributed by atoms with Crippen molar-refractivity contribution in [1.29, 1.82) is 0 Å². The first-order valence-corrected chi connectivity index (χ1v) is 10.3. The predicted octanol–water partition coefficient (Wildman–Crippen LogP) is 5.60. The van der Waals surface area contributed by atoms with E-state index in [1.807, 2.05) is 25.1 Å². The van der Waals surface area contributed by atoms with E-state index in [0.29, 0.717) is 18.8 Å². The lowest BCUT2D eigenvalue weighted by Crippen LogP contribution is -2.22. The first kappa shape index (κ1) is 18.6. The monoisotopic (exact) mass is 393 g/mol. The minimum atomic E-state index is 0.0116. The molecule has 0 bridgehead atoms. The first-order valence-electron chi connectivity index (χ1n) is 9.39. The molecule has 0 saturated heterocycles. The molecule has 144 valence electrons. The number of aryl methyl sites for hydroxylation is 1. The van der Waals surface area contributed by atoms with Crippen molar-refractivity contribution in [2.45, 2.75) is 26.2 Å². The highest BCUT2D eigenvalue weighted by Gasteiger charge is 2.31. The lowest BCUT2D eigenvalue weighted by molar-refractivity contribution is -0.116. The molecule has 0 aliphatic carbocycles. The van der Waals surface area contributed by atoms with Gasteiger partial charge in [-0.1, -0.05) is 35.9 Å². The third-order valence-corrected chi connectivity index (χ3v) is 6.14. The molecule has 1 amide bonds. The van der Waals surface area contributed by atoms with Crippen molar-refractivity contribution in [3.63, 3.8) is 0 Å². The summed E-state index contributed by atoms with van der Waals surface area (Å²) in [6.45, 7) is 4.60. The Hall–Kier alpha value is -2.79. The number of methoxy groups -OCH3 is 1. The number of hydrogen-bond donors (Lipinski definition) is 1. The lowest BCUT2D eigenvalue weighted by Gasteiger charge is -2.24. The van der Waals surface area contributed by atoms with E-state index in [-0.39, 0.29) is 11.8 Å². The molecule has 0 spiro atoms. The van der Waals surface area contributed by atoms with Crippen molar-refractivity contribution < 1.29 is 14.3 Å². The SMILES string of the molecule is CCOc1ccc(C2CC(=O)Nc3c(-c4ccc(C)cc4)csc32)cc1OC. The molecule has 4 nitrogen and oxygen atoms in total. The van der Waals surface area contributed by atoms with Gasteiger partial charge in [-0.3, -0.25) is 4.79 Å². The molecule has 4 rings (SSSR count). The van der Waals surface area contributed by atoms with Crippen LogP contribution in [0, 0.1) is 6.92 Å². The number of carbonyl (C=O) groups is 1. The van der Waals surface area contributed by atoms with Crippen LogP contribution in [-0.2, 0) is 4.79 Å². The second-order valence-corrected chi connectivity index (χ2v) is 7.81. The van der Waals surface area contributed by atoms with Crippen molar-refractivity contribution in [2.75, 3.05) is 19.0 Å². The van der Waals surface area contributed by atoms with E-state index in [9.17, 15) is 4.79 Å². The summed E-state index contributed by atoms with van der Waals surface area (Å²) in [5.74, 6) is 1.47. The Balaban J connectivity index is 1.76. The van der Waals surface area contributed by atoms with Crippen LogP contribution in [-0.4, -0.2) is 19.6 Å². The van der Waals surface area contributed by atoms with Crippen molar-refractivity contribution in [3.05, 3.63) is 63.8 Å². The van der Waals surface area contributed by atoms with Gasteiger partial charge < -0.3 is 14.8 Å². The highest BCUT2D eigenvalue weighted by Crippen LogP contribution is 2.47. The number of hydrogen-bond acceptors (Lipinski definition) is 4. The molecule has 2 heterocycles. The first-order chi connectivity index (χ1) is 13.6. The standard InChI is InChI=1S/C23H23NO3S/c1-4-27-19-10-9-16(11-20(19)26-3)17-12-21(25)24-22-18(13-28-23(17)22)15-7-5-14(2)6-8-15/h5-11,13,17H,4,12H2,1-3H3,(H,24,25). The Bertz CT molecular complexity index is 1010. The highest BCUT2D eigenvalue weighted by atomic mass is 32.1. The summed E-state index contributed by atoms with van der Waals surface area (Å²) < 4.78 is 11.1. The maximum absolute atomic E-state index is 12.5. The molecule has 3 aromatic rings. The van der Waals surface area contributed by atoms with Crippen LogP contribution in [0.2, 0.25) is 0 Å². The van der Waals surface area contributed by atoms with Crippen LogP contribution < -0.4 is 14.8 Å². The fourth-order valence-electron chi connectivity index (χ4n) is 3.62. The second-order valence-electron chi connectivity index (χ2n) is 6.90. The van der Waals surface area contributed by atoms with E-state index < -0.39 is 0 Å². The van der Waals surface area contributed by atoms with Crippen LogP contribution in [0.25, 0.3) is 11.1 Å². The summed E-state index contributed by atoms with van der Waals surface area (Å²) in [6, 6.07) is 14.4. The molecule has 28 heavy (non-hydrogen) atoms. The Morgan fingerprint density at radius 2 is 1.93 bits per heavy atom. The molecule has 1 aliphatic heterocycles. The molecule has 0 radical (unpaired) electrons. The van der Waals surface area contributed by atoms with E-state index in [1.54, 1.807) is 18.4 Å². The molecule has 0 saturated carbocycles. The Morgan fingerprint density at radius 1 is 1.14 bits per heavy atom. The summed E-state index contributed by atoms with van der Waals surface area (Å²) in [5, 5.41) is 5.24. The molecule has 1 unspecified atom stereocenters. The fraction of sp³-hybridized carbons (Fsp3) is 0.261. The van der Waals surface area contributed by atoms with Crippen LogP contribution in [0.5, 0.6) is 11.5 Å². The van der Waals surface area contributed by atoms with Crippen LogP contribution in [0.1, 0.15) is 35.3 Å². The predicted molar refractivity (Wildman–Crippen MR) is 114 cm³/mol. The summed E-state index contributed by atoms with van der Waals surface area (Å²) in [4.78, 5) is 13.7. The van der Waals surface area contributed by atoms with E-state index in [2.05, 4.69) is 41.9 Å².